The van der Waals surface area contributed by atoms with Crippen LogP contribution in [0.15, 0.2) is 18.3 Å². The fourth-order valence-corrected chi connectivity index (χ4v) is 5.54. The summed E-state index contributed by atoms with van der Waals surface area (Å²) < 4.78 is 0. The molecule has 5 rings (SSSR count). The van der Waals surface area contributed by atoms with Crippen LogP contribution >= 0.6 is 0 Å². The van der Waals surface area contributed by atoms with Crippen LogP contribution in [-0.2, 0) is 6.54 Å². The van der Waals surface area contributed by atoms with Crippen LogP contribution < -0.4 is 10.6 Å². The highest BCUT2D eigenvalue weighted by molar-refractivity contribution is 5.49. The van der Waals surface area contributed by atoms with Crippen molar-refractivity contribution in [3.63, 3.8) is 0 Å². The number of nitrogens with zero attached hydrogens (tertiary/aromatic N) is 2. The normalized spacial score (nSPS) is 38.2. The first-order valence-corrected chi connectivity index (χ1v) is 8.07. The number of anilines is 1. The van der Waals surface area contributed by atoms with Gasteiger partial charge in [-0.3, -0.25) is 4.98 Å². The van der Waals surface area contributed by atoms with E-state index in [-0.39, 0.29) is 0 Å². The van der Waals surface area contributed by atoms with Crippen LogP contribution in [0.2, 0.25) is 0 Å². The smallest absolute Gasteiger partial charge is 0.0560 e. The Morgan fingerprint density at radius 1 is 1.20 bits per heavy atom. The van der Waals surface area contributed by atoms with Gasteiger partial charge in [0.05, 0.1) is 5.69 Å². The first-order valence-electron chi connectivity index (χ1n) is 8.07. The third kappa shape index (κ3) is 1.86. The molecule has 108 valence electrons. The van der Waals surface area contributed by atoms with E-state index in [0.29, 0.717) is 12.1 Å². The van der Waals surface area contributed by atoms with Crippen molar-refractivity contribution in [2.75, 3.05) is 11.9 Å². The molecule has 4 bridgehead atoms. The van der Waals surface area contributed by atoms with Crippen LogP contribution in [0.25, 0.3) is 0 Å². The topological polar surface area (TPSA) is 42.2 Å². The van der Waals surface area contributed by atoms with E-state index >= 15 is 0 Å². The maximum atomic E-state index is 5.74. The molecule has 0 amide bonds. The fourth-order valence-electron chi connectivity index (χ4n) is 5.54. The zero-order chi connectivity index (χ0) is 13.7. The van der Waals surface area contributed by atoms with Crippen molar-refractivity contribution in [3.8, 4) is 0 Å². The zero-order valence-corrected chi connectivity index (χ0v) is 12.4. The third-order valence-corrected chi connectivity index (χ3v) is 6.11. The fraction of sp³-hybridized carbons (Fsp3) is 0.706. The second-order valence-electron chi connectivity index (χ2n) is 7.41. The summed E-state index contributed by atoms with van der Waals surface area (Å²) in [6.07, 6.45) is 10.6. The van der Waals surface area contributed by atoms with Crippen molar-refractivity contribution < 1.29 is 0 Å². The Labute approximate surface area is 121 Å². The van der Waals surface area contributed by atoms with Gasteiger partial charge in [0.2, 0.25) is 0 Å². The Hall–Kier alpha value is -1.09. The minimum Gasteiger partial charge on any atom is -0.369 e. The van der Waals surface area contributed by atoms with Crippen molar-refractivity contribution in [2.45, 2.75) is 50.6 Å². The van der Waals surface area contributed by atoms with E-state index in [2.05, 4.69) is 29.1 Å². The lowest BCUT2D eigenvalue weighted by molar-refractivity contribution is -0.00201. The van der Waals surface area contributed by atoms with E-state index in [4.69, 9.17) is 5.73 Å². The molecule has 3 nitrogen and oxygen atoms in total. The highest BCUT2D eigenvalue weighted by Gasteiger charge is 2.52. The molecule has 0 spiro atoms. The van der Waals surface area contributed by atoms with Gasteiger partial charge in [-0.2, -0.15) is 0 Å². The van der Waals surface area contributed by atoms with Gasteiger partial charge in [0.15, 0.2) is 0 Å². The maximum absolute atomic E-state index is 5.74. The summed E-state index contributed by atoms with van der Waals surface area (Å²) in [6, 6.07) is 4.33. The summed E-state index contributed by atoms with van der Waals surface area (Å²) in [4.78, 5) is 6.90. The zero-order valence-electron chi connectivity index (χ0n) is 12.4. The summed E-state index contributed by atoms with van der Waals surface area (Å²) in [5.74, 6) is 2.96. The summed E-state index contributed by atoms with van der Waals surface area (Å²) in [5, 5.41) is 0. The van der Waals surface area contributed by atoms with Gasteiger partial charge in [-0.15, -0.1) is 0 Å². The van der Waals surface area contributed by atoms with Crippen LogP contribution in [0.1, 0.15) is 44.2 Å². The van der Waals surface area contributed by atoms with Gasteiger partial charge in [0.25, 0.3) is 0 Å². The van der Waals surface area contributed by atoms with E-state index in [1.54, 1.807) is 0 Å². The molecule has 1 aromatic heterocycles. The molecule has 4 fully saturated rings. The van der Waals surface area contributed by atoms with Crippen molar-refractivity contribution >= 4 is 5.69 Å². The molecular formula is C17H25N3. The monoisotopic (exact) mass is 271 g/mol. The molecule has 3 heteroatoms. The molecule has 0 unspecified atom stereocenters. The molecule has 0 saturated heterocycles. The van der Waals surface area contributed by atoms with E-state index in [0.717, 1.165) is 23.4 Å². The second-order valence-corrected chi connectivity index (χ2v) is 7.41. The summed E-state index contributed by atoms with van der Waals surface area (Å²) in [6.45, 7) is 0.530. The molecular weight excluding hydrogens is 246 g/mol. The predicted octanol–water partition coefficient (Wildman–Crippen LogP) is 2.95. The van der Waals surface area contributed by atoms with E-state index < -0.39 is 0 Å². The standard InChI is InChI=1S/C17H25N3/c1-20(16-2-3-19-15(7-16)11-18)17-8-12-4-13(9-17)6-14(5-12)10-17/h2-3,7,12-14H,4-6,8-11,18H2,1H3. The number of pyridine rings is 1. The molecule has 0 aliphatic heterocycles. The van der Waals surface area contributed by atoms with Gasteiger partial charge in [-0.05, 0) is 68.4 Å². The number of aromatic nitrogens is 1. The van der Waals surface area contributed by atoms with E-state index in [9.17, 15) is 0 Å². The molecule has 4 aliphatic carbocycles. The molecule has 2 N–H and O–H groups in total. The number of hydrogen-bond acceptors (Lipinski definition) is 3. The Morgan fingerprint density at radius 2 is 1.80 bits per heavy atom. The minimum atomic E-state index is 0.419. The molecule has 20 heavy (non-hydrogen) atoms. The van der Waals surface area contributed by atoms with Crippen molar-refractivity contribution in [1.82, 2.24) is 4.98 Å². The Morgan fingerprint density at radius 3 is 2.35 bits per heavy atom. The lowest BCUT2D eigenvalue weighted by Gasteiger charge is -2.60. The molecule has 0 aromatic carbocycles. The van der Waals surface area contributed by atoms with Crippen molar-refractivity contribution in [1.29, 1.82) is 0 Å². The molecule has 1 aromatic rings. The van der Waals surface area contributed by atoms with Crippen molar-refractivity contribution in [3.05, 3.63) is 24.0 Å². The SMILES string of the molecule is CN(c1ccnc(CN)c1)C12CC3CC(CC(C3)C1)C2. The summed E-state index contributed by atoms with van der Waals surface area (Å²) in [7, 11) is 2.29. The van der Waals surface area contributed by atoms with Gasteiger partial charge >= 0.3 is 0 Å². The first-order chi connectivity index (χ1) is 9.68. The average Bonchev–Trinajstić information content (AvgIpc) is 2.45. The van der Waals surface area contributed by atoms with Gasteiger partial charge in [0, 0.05) is 31.0 Å². The van der Waals surface area contributed by atoms with Crippen LogP contribution in [0, 0.1) is 17.8 Å². The maximum Gasteiger partial charge on any atom is 0.0560 e. The summed E-state index contributed by atoms with van der Waals surface area (Å²) in [5.41, 5.74) is 8.47. The minimum absolute atomic E-state index is 0.419. The van der Waals surface area contributed by atoms with Crippen LogP contribution in [-0.4, -0.2) is 17.6 Å². The number of hydrogen-bond donors (Lipinski definition) is 1. The van der Waals surface area contributed by atoms with Crippen LogP contribution in [0.5, 0.6) is 0 Å². The van der Waals surface area contributed by atoms with Gasteiger partial charge in [-0.25, -0.2) is 0 Å². The molecule has 4 aliphatic rings. The molecule has 0 radical (unpaired) electrons. The first kappa shape index (κ1) is 12.6. The van der Waals surface area contributed by atoms with E-state index in [1.807, 2.05) is 6.20 Å². The third-order valence-electron chi connectivity index (χ3n) is 6.11. The lowest BCUT2D eigenvalue weighted by Crippen LogP contribution is -2.59. The van der Waals surface area contributed by atoms with Gasteiger partial charge in [0.1, 0.15) is 0 Å². The quantitative estimate of drug-likeness (QED) is 0.919. The average molecular weight is 271 g/mol. The largest absolute Gasteiger partial charge is 0.369 e. The molecule has 0 atom stereocenters. The van der Waals surface area contributed by atoms with Gasteiger partial charge in [-0.1, -0.05) is 0 Å². The molecule has 4 saturated carbocycles. The second kappa shape index (κ2) is 4.45. The summed E-state index contributed by atoms with van der Waals surface area (Å²) >= 11 is 0. The van der Waals surface area contributed by atoms with E-state index in [1.165, 1.54) is 44.2 Å². The highest BCUT2D eigenvalue weighted by Crippen LogP contribution is 2.58. The molecule has 1 heterocycles. The number of rotatable bonds is 3. The number of nitrogens with two attached hydrogens (primary N) is 1. The highest BCUT2D eigenvalue weighted by atomic mass is 15.2. The lowest BCUT2D eigenvalue weighted by atomic mass is 9.52. The predicted molar refractivity (Wildman–Crippen MR) is 81.4 cm³/mol. The Kier molecular flexibility index (Phi) is 2.81. The van der Waals surface area contributed by atoms with Crippen molar-refractivity contribution in [2.24, 2.45) is 23.5 Å². The Balaban J connectivity index is 1.65. The van der Waals surface area contributed by atoms with Crippen LogP contribution in [0.4, 0.5) is 5.69 Å². The van der Waals surface area contributed by atoms with Gasteiger partial charge < -0.3 is 10.6 Å². The Bertz CT molecular complexity index is 475. The van der Waals surface area contributed by atoms with Crippen LogP contribution in [0.3, 0.4) is 0 Å².